The summed E-state index contributed by atoms with van der Waals surface area (Å²) < 4.78 is 5.33. The summed E-state index contributed by atoms with van der Waals surface area (Å²) in [5, 5.41) is 7.43. The number of guanidine groups is 1. The van der Waals surface area contributed by atoms with E-state index in [2.05, 4.69) is 59.6 Å². The molecule has 2 aromatic rings. The van der Waals surface area contributed by atoms with Crippen molar-refractivity contribution in [1.82, 2.24) is 15.4 Å². The van der Waals surface area contributed by atoms with Crippen LogP contribution in [0.1, 0.15) is 43.2 Å². The van der Waals surface area contributed by atoms with Gasteiger partial charge in [0.05, 0.1) is 5.69 Å². The smallest absolute Gasteiger partial charge is 0.194 e. The number of hydrogen-bond acceptors (Lipinski definition) is 3. The minimum atomic E-state index is 0.530. The Morgan fingerprint density at radius 1 is 1.33 bits per heavy atom. The number of benzene rings is 1. The van der Waals surface area contributed by atoms with Crippen molar-refractivity contribution >= 4 is 5.96 Å². The van der Waals surface area contributed by atoms with Crippen LogP contribution in [0, 0.1) is 0 Å². The summed E-state index contributed by atoms with van der Waals surface area (Å²) in [4.78, 5) is 7.08. The van der Waals surface area contributed by atoms with Gasteiger partial charge in [-0.15, -0.1) is 0 Å². The third kappa shape index (κ3) is 3.96. The van der Waals surface area contributed by atoms with Gasteiger partial charge in [-0.1, -0.05) is 42.4 Å². The zero-order valence-electron chi connectivity index (χ0n) is 14.5. The summed E-state index contributed by atoms with van der Waals surface area (Å²) in [5.41, 5.74) is 2.40. The van der Waals surface area contributed by atoms with Gasteiger partial charge in [-0.2, -0.15) is 0 Å². The first-order valence-electron chi connectivity index (χ1n) is 8.82. The Kier molecular flexibility index (Phi) is 5.51. The average molecular weight is 326 g/mol. The Morgan fingerprint density at radius 2 is 2.17 bits per heavy atom. The molecule has 2 heterocycles. The Bertz CT molecular complexity index is 665. The second-order valence-corrected chi connectivity index (χ2v) is 6.15. The first-order chi connectivity index (χ1) is 11.8. The van der Waals surface area contributed by atoms with Crippen molar-refractivity contribution in [2.45, 2.75) is 39.2 Å². The van der Waals surface area contributed by atoms with E-state index in [1.807, 2.05) is 6.07 Å². The summed E-state index contributed by atoms with van der Waals surface area (Å²) in [6, 6.07) is 12.7. The molecule has 0 bridgehead atoms. The number of aliphatic imine (C=N–C) groups is 1. The molecule has 0 aliphatic carbocycles. The van der Waals surface area contributed by atoms with Crippen LogP contribution in [0.2, 0.25) is 0 Å². The molecular weight excluding hydrogens is 300 g/mol. The quantitative estimate of drug-likeness (QED) is 0.677. The fraction of sp³-hybridized carbons (Fsp3) is 0.474. The Hall–Kier alpha value is -2.30. The maximum Gasteiger partial charge on any atom is 0.194 e. The second kappa shape index (κ2) is 7.99. The van der Waals surface area contributed by atoms with E-state index in [1.54, 1.807) is 0 Å². The molecule has 0 radical (unpaired) electrons. The van der Waals surface area contributed by atoms with Crippen LogP contribution in [-0.2, 0) is 13.0 Å². The summed E-state index contributed by atoms with van der Waals surface area (Å²) in [5.74, 6) is 2.36. The maximum absolute atomic E-state index is 5.33. The SMILES string of the molecule is CCNC(=NCc1cc(CC)no1)N1CCC(c2ccccc2)C1. The van der Waals surface area contributed by atoms with Gasteiger partial charge in [0.1, 0.15) is 6.54 Å². The minimum Gasteiger partial charge on any atom is -0.359 e. The van der Waals surface area contributed by atoms with Gasteiger partial charge in [0, 0.05) is 31.6 Å². The number of hydrogen-bond donors (Lipinski definition) is 1. The highest BCUT2D eigenvalue weighted by Gasteiger charge is 2.25. The Morgan fingerprint density at radius 3 is 2.88 bits per heavy atom. The van der Waals surface area contributed by atoms with Gasteiger partial charge in [0.25, 0.3) is 0 Å². The van der Waals surface area contributed by atoms with Crippen LogP contribution in [-0.4, -0.2) is 35.7 Å². The van der Waals surface area contributed by atoms with E-state index in [1.165, 1.54) is 5.56 Å². The molecule has 5 nitrogen and oxygen atoms in total. The number of rotatable bonds is 5. The third-order valence-corrected chi connectivity index (χ3v) is 4.45. The topological polar surface area (TPSA) is 53.7 Å². The second-order valence-electron chi connectivity index (χ2n) is 6.15. The molecule has 1 aliphatic rings. The van der Waals surface area contributed by atoms with Gasteiger partial charge in [-0.25, -0.2) is 4.99 Å². The molecule has 1 aromatic carbocycles. The van der Waals surface area contributed by atoms with Crippen LogP contribution in [0.3, 0.4) is 0 Å². The van der Waals surface area contributed by atoms with Crippen LogP contribution in [0.25, 0.3) is 0 Å². The summed E-state index contributed by atoms with van der Waals surface area (Å²) >= 11 is 0. The van der Waals surface area contributed by atoms with E-state index >= 15 is 0 Å². The molecule has 1 aliphatic heterocycles. The number of nitrogens with one attached hydrogen (secondary N) is 1. The zero-order chi connectivity index (χ0) is 16.8. The Labute approximate surface area is 143 Å². The molecule has 0 saturated carbocycles. The van der Waals surface area contributed by atoms with Crippen LogP contribution in [0.15, 0.2) is 45.9 Å². The van der Waals surface area contributed by atoms with Crippen molar-refractivity contribution < 1.29 is 4.52 Å². The first kappa shape index (κ1) is 16.6. The largest absolute Gasteiger partial charge is 0.359 e. The molecular formula is C19H26N4O. The monoisotopic (exact) mass is 326 g/mol. The lowest BCUT2D eigenvalue weighted by molar-refractivity contribution is 0.378. The van der Waals surface area contributed by atoms with E-state index in [0.717, 1.165) is 49.9 Å². The van der Waals surface area contributed by atoms with Crippen molar-refractivity contribution in [3.05, 3.63) is 53.4 Å². The van der Waals surface area contributed by atoms with Gasteiger partial charge in [-0.05, 0) is 25.3 Å². The zero-order valence-corrected chi connectivity index (χ0v) is 14.5. The molecule has 1 saturated heterocycles. The highest BCUT2D eigenvalue weighted by molar-refractivity contribution is 5.80. The van der Waals surface area contributed by atoms with Crippen molar-refractivity contribution in [3.63, 3.8) is 0 Å². The van der Waals surface area contributed by atoms with Crippen molar-refractivity contribution in [3.8, 4) is 0 Å². The lowest BCUT2D eigenvalue weighted by Gasteiger charge is -2.21. The molecule has 1 unspecified atom stereocenters. The molecule has 3 rings (SSSR count). The fourth-order valence-corrected chi connectivity index (χ4v) is 3.13. The number of likely N-dealkylation sites (tertiary alicyclic amines) is 1. The van der Waals surface area contributed by atoms with Crippen molar-refractivity contribution in [2.24, 2.45) is 4.99 Å². The first-order valence-corrected chi connectivity index (χ1v) is 8.82. The van der Waals surface area contributed by atoms with E-state index < -0.39 is 0 Å². The van der Waals surface area contributed by atoms with Crippen molar-refractivity contribution in [2.75, 3.05) is 19.6 Å². The molecule has 1 fully saturated rings. The highest BCUT2D eigenvalue weighted by Crippen LogP contribution is 2.26. The number of nitrogens with zero attached hydrogens (tertiary/aromatic N) is 3. The van der Waals surface area contributed by atoms with Gasteiger partial charge in [-0.3, -0.25) is 0 Å². The van der Waals surface area contributed by atoms with E-state index in [9.17, 15) is 0 Å². The predicted molar refractivity (Wildman–Crippen MR) is 96.1 cm³/mol. The van der Waals surface area contributed by atoms with E-state index in [-0.39, 0.29) is 0 Å². The van der Waals surface area contributed by atoms with Crippen LogP contribution in [0.4, 0.5) is 0 Å². The highest BCUT2D eigenvalue weighted by atomic mass is 16.5. The summed E-state index contributed by atoms with van der Waals surface area (Å²) in [6.07, 6.45) is 2.05. The minimum absolute atomic E-state index is 0.530. The lowest BCUT2D eigenvalue weighted by Crippen LogP contribution is -2.40. The van der Waals surface area contributed by atoms with Crippen molar-refractivity contribution in [1.29, 1.82) is 0 Å². The van der Waals surface area contributed by atoms with Gasteiger partial charge < -0.3 is 14.7 Å². The lowest BCUT2D eigenvalue weighted by atomic mass is 9.99. The summed E-state index contributed by atoms with van der Waals surface area (Å²) in [6.45, 7) is 7.60. The number of aromatic nitrogens is 1. The number of aryl methyl sites for hydroxylation is 1. The van der Waals surface area contributed by atoms with Crippen LogP contribution >= 0.6 is 0 Å². The van der Waals surface area contributed by atoms with Crippen LogP contribution in [0.5, 0.6) is 0 Å². The molecule has 0 spiro atoms. The molecule has 5 heteroatoms. The normalized spacial score (nSPS) is 18.2. The maximum atomic E-state index is 5.33. The Balaban J connectivity index is 1.66. The molecule has 1 N–H and O–H groups in total. The molecule has 128 valence electrons. The van der Waals surface area contributed by atoms with Gasteiger partial charge in [0.2, 0.25) is 0 Å². The summed E-state index contributed by atoms with van der Waals surface area (Å²) in [7, 11) is 0. The standard InChI is InChI=1S/C19H26N4O/c1-3-17-12-18(24-22-17)13-21-19(20-4-2)23-11-10-16(14-23)15-8-6-5-7-9-15/h5-9,12,16H,3-4,10-11,13-14H2,1-2H3,(H,20,21). The molecule has 1 atom stereocenters. The molecule has 0 amide bonds. The molecule has 1 aromatic heterocycles. The van der Waals surface area contributed by atoms with E-state index in [4.69, 9.17) is 9.52 Å². The van der Waals surface area contributed by atoms with E-state index in [0.29, 0.717) is 12.5 Å². The fourth-order valence-electron chi connectivity index (χ4n) is 3.13. The third-order valence-electron chi connectivity index (χ3n) is 4.45. The predicted octanol–water partition coefficient (Wildman–Crippen LogP) is 3.19. The average Bonchev–Trinajstić information content (AvgIpc) is 3.29. The van der Waals surface area contributed by atoms with Gasteiger partial charge >= 0.3 is 0 Å². The van der Waals surface area contributed by atoms with Gasteiger partial charge in [0.15, 0.2) is 11.7 Å². The van der Waals surface area contributed by atoms with Crippen LogP contribution < -0.4 is 5.32 Å². The molecule has 24 heavy (non-hydrogen) atoms.